The summed E-state index contributed by atoms with van der Waals surface area (Å²) in [5.41, 5.74) is 0.633. The van der Waals surface area contributed by atoms with E-state index in [-0.39, 0.29) is 22.7 Å². The topological polar surface area (TPSA) is 105 Å². The monoisotopic (exact) mass is 545 g/mol. The molecule has 11 heteroatoms. The Morgan fingerprint density at radius 2 is 1.87 bits per heavy atom. The highest BCUT2D eigenvalue weighted by atomic mass is 19.2. The number of carboxylic acids is 1. The fourth-order valence-corrected chi connectivity index (χ4v) is 5.30. The summed E-state index contributed by atoms with van der Waals surface area (Å²) in [5, 5.41) is 12.1. The number of oxazole rings is 1. The molecule has 1 aliphatic heterocycles. The Morgan fingerprint density at radius 3 is 2.56 bits per heavy atom. The van der Waals surface area contributed by atoms with E-state index in [1.54, 1.807) is 13.0 Å². The normalized spacial score (nSPS) is 21.6. The van der Waals surface area contributed by atoms with E-state index in [4.69, 9.17) is 9.15 Å². The first-order chi connectivity index (χ1) is 18.7. The number of aromatic nitrogens is 1. The lowest BCUT2D eigenvalue weighted by atomic mass is 9.87. The third-order valence-electron chi connectivity index (χ3n) is 7.64. The van der Waals surface area contributed by atoms with Crippen LogP contribution in [0, 0.1) is 24.5 Å². The minimum Gasteiger partial charge on any atom is -0.481 e. The number of hydrogen-bond donors (Lipinski definition) is 2. The molecule has 0 bridgehead atoms. The molecule has 1 atom stereocenters. The van der Waals surface area contributed by atoms with Crippen molar-refractivity contribution in [2.24, 2.45) is 5.92 Å². The van der Waals surface area contributed by atoms with Crippen molar-refractivity contribution in [2.45, 2.75) is 64.0 Å². The van der Waals surface area contributed by atoms with Gasteiger partial charge in [0, 0.05) is 30.8 Å². The first-order valence-electron chi connectivity index (χ1n) is 13.1. The van der Waals surface area contributed by atoms with Crippen molar-refractivity contribution >= 4 is 34.6 Å². The maximum atomic E-state index is 16.4. The molecule has 39 heavy (non-hydrogen) atoms. The van der Waals surface area contributed by atoms with Crippen molar-refractivity contribution in [2.75, 3.05) is 18.4 Å². The maximum absolute atomic E-state index is 16.4. The van der Waals surface area contributed by atoms with Crippen LogP contribution in [-0.4, -0.2) is 51.9 Å². The number of aliphatic carboxylic acids is 1. The molecule has 3 aromatic rings. The lowest BCUT2D eigenvalue weighted by Gasteiger charge is -2.37. The van der Waals surface area contributed by atoms with Crippen molar-refractivity contribution in [1.82, 2.24) is 9.88 Å². The zero-order valence-corrected chi connectivity index (χ0v) is 21.5. The summed E-state index contributed by atoms with van der Waals surface area (Å²) in [7, 11) is 0. The van der Waals surface area contributed by atoms with Crippen LogP contribution >= 0.6 is 0 Å². The number of rotatable bonds is 9. The number of ketones is 1. The number of alkyl halides is 1. The molecule has 0 spiro atoms. The molecular weight excluding hydrogens is 515 g/mol. The van der Waals surface area contributed by atoms with Gasteiger partial charge in [-0.3, -0.25) is 9.59 Å². The van der Waals surface area contributed by atoms with Crippen LogP contribution in [0.1, 0.15) is 49.7 Å². The van der Waals surface area contributed by atoms with E-state index in [2.05, 4.69) is 10.3 Å². The Hall–Kier alpha value is -3.44. The molecule has 1 aliphatic carbocycles. The van der Waals surface area contributed by atoms with Gasteiger partial charge in [0.2, 0.25) is 5.78 Å². The molecule has 1 unspecified atom stereocenters. The Morgan fingerprint density at radius 1 is 1.15 bits per heavy atom. The van der Waals surface area contributed by atoms with Crippen molar-refractivity contribution in [1.29, 1.82) is 0 Å². The number of carboxylic acid groups (broad SMARTS) is 1. The Bertz CT molecular complexity index is 1380. The second-order valence-corrected chi connectivity index (χ2v) is 10.2. The number of Topliss-reactive ketones (excluding diaryl/α,β-unsaturated/α-hetero) is 1. The Balaban J connectivity index is 1.35. The smallest absolute Gasteiger partial charge is 0.330 e. The molecule has 2 heterocycles. The van der Waals surface area contributed by atoms with Crippen LogP contribution in [0.5, 0.6) is 0 Å². The van der Waals surface area contributed by atoms with Crippen LogP contribution in [0.4, 0.5) is 24.9 Å². The summed E-state index contributed by atoms with van der Waals surface area (Å²) in [6.45, 7) is 2.23. The molecule has 2 aromatic carbocycles. The molecule has 1 saturated heterocycles. The van der Waals surface area contributed by atoms with E-state index in [0.29, 0.717) is 62.9 Å². The van der Waals surface area contributed by atoms with Crippen molar-refractivity contribution in [3.8, 4) is 0 Å². The van der Waals surface area contributed by atoms with E-state index in [1.165, 1.54) is 29.2 Å². The van der Waals surface area contributed by atoms with Gasteiger partial charge in [0.1, 0.15) is 11.3 Å². The molecule has 2 N–H and O–H groups in total. The summed E-state index contributed by atoms with van der Waals surface area (Å²) in [4.78, 5) is 30.2. The van der Waals surface area contributed by atoms with Gasteiger partial charge in [-0.15, -0.1) is 0 Å². The molecule has 0 radical (unpaired) electrons. The molecule has 5 rings (SSSR count). The summed E-state index contributed by atoms with van der Waals surface area (Å²) < 4.78 is 57.1. The van der Waals surface area contributed by atoms with Gasteiger partial charge in [0.05, 0.1) is 12.0 Å². The highest BCUT2D eigenvalue weighted by Gasteiger charge is 2.49. The number of carbonyl (C=O) groups excluding carboxylic acids is 1. The quantitative estimate of drug-likeness (QED) is 0.333. The number of benzene rings is 2. The van der Waals surface area contributed by atoms with E-state index >= 15 is 8.78 Å². The number of nitrogens with zero attached hydrogens (tertiary/aromatic N) is 2. The number of halogens is 3. The second kappa shape index (κ2) is 11.0. The lowest BCUT2D eigenvalue weighted by molar-refractivity contribution is -0.252. The van der Waals surface area contributed by atoms with Crippen LogP contribution in [0.2, 0.25) is 0 Å². The third-order valence-corrected chi connectivity index (χ3v) is 7.64. The van der Waals surface area contributed by atoms with Gasteiger partial charge in [-0.25, -0.2) is 13.7 Å². The SMILES string of the molecule is Cc1c(F)cccc1Nc1nc2ccc(CC(=O)C(F)(OC3CCC(C(=O)O)CC3)N3CCCC3)c(F)c2o1. The van der Waals surface area contributed by atoms with Crippen LogP contribution in [0.25, 0.3) is 11.1 Å². The standard InChI is InChI=1S/C28H30F3N3O5/c1-16-20(29)5-4-6-21(16)32-27-33-22-12-9-18(24(30)25(22)38-27)15-23(35)28(31,34-13-2-3-14-34)39-19-10-7-17(8-11-19)26(36)37/h4-6,9,12,17,19H,2-3,7-8,10-11,13-15H2,1H3,(H,32,33)(H,36,37). The zero-order chi connectivity index (χ0) is 27.7. The predicted molar refractivity (Wildman–Crippen MR) is 136 cm³/mol. The Labute approximate surface area is 223 Å². The number of carbonyl (C=O) groups is 2. The number of ether oxygens (including phenoxy) is 1. The summed E-state index contributed by atoms with van der Waals surface area (Å²) in [6, 6.07) is 7.23. The van der Waals surface area contributed by atoms with Gasteiger partial charge in [-0.1, -0.05) is 12.1 Å². The van der Waals surface area contributed by atoms with Gasteiger partial charge >= 0.3 is 11.9 Å². The zero-order valence-electron chi connectivity index (χ0n) is 21.5. The molecule has 1 saturated carbocycles. The van der Waals surface area contributed by atoms with Gasteiger partial charge in [0.25, 0.3) is 6.01 Å². The van der Waals surface area contributed by atoms with Crippen LogP contribution in [0.15, 0.2) is 34.7 Å². The van der Waals surface area contributed by atoms with E-state index in [0.717, 1.165) is 0 Å². The van der Waals surface area contributed by atoms with Crippen molar-refractivity contribution in [3.05, 3.63) is 53.1 Å². The molecule has 208 valence electrons. The van der Waals surface area contributed by atoms with Crippen molar-refractivity contribution < 1.29 is 37.0 Å². The van der Waals surface area contributed by atoms with Gasteiger partial charge in [-0.2, -0.15) is 9.37 Å². The van der Waals surface area contributed by atoms with Gasteiger partial charge in [0.15, 0.2) is 11.4 Å². The van der Waals surface area contributed by atoms with Crippen molar-refractivity contribution in [3.63, 3.8) is 0 Å². The number of nitrogens with one attached hydrogen (secondary N) is 1. The fourth-order valence-electron chi connectivity index (χ4n) is 5.30. The van der Waals surface area contributed by atoms with Crippen LogP contribution < -0.4 is 5.32 Å². The fraction of sp³-hybridized carbons (Fsp3) is 0.464. The largest absolute Gasteiger partial charge is 0.481 e. The Kier molecular flexibility index (Phi) is 7.64. The van der Waals surface area contributed by atoms with E-state index in [9.17, 15) is 19.1 Å². The highest BCUT2D eigenvalue weighted by Crippen LogP contribution is 2.35. The summed E-state index contributed by atoms with van der Waals surface area (Å²) >= 11 is 0. The minimum absolute atomic E-state index is 0.0571. The van der Waals surface area contributed by atoms with E-state index in [1.807, 2.05) is 0 Å². The molecule has 0 amide bonds. The number of hydrogen-bond acceptors (Lipinski definition) is 7. The lowest BCUT2D eigenvalue weighted by Crippen LogP contribution is -2.54. The van der Waals surface area contributed by atoms with Crippen LogP contribution in [-0.2, 0) is 20.7 Å². The predicted octanol–water partition coefficient (Wildman–Crippen LogP) is 5.65. The number of fused-ring (bicyclic) bond motifs is 1. The maximum Gasteiger partial charge on any atom is 0.330 e. The second-order valence-electron chi connectivity index (χ2n) is 10.2. The molecule has 2 fully saturated rings. The molecule has 8 nitrogen and oxygen atoms in total. The summed E-state index contributed by atoms with van der Waals surface area (Å²) in [5.74, 6) is -6.35. The number of likely N-dealkylation sites (tertiary alicyclic amines) is 1. The molecular formula is C28H30F3N3O5. The average molecular weight is 546 g/mol. The first kappa shape index (κ1) is 27.1. The molecule has 2 aliphatic rings. The van der Waals surface area contributed by atoms with Gasteiger partial charge in [-0.05, 0) is 69.2 Å². The third kappa shape index (κ3) is 5.51. The minimum atomic E-state index is -2.75. The van der Waals surface area contributed by atoms with E-state index < -0.39 is 47.8 Å². The highest BCUT2D eigenvalue weighted by molar-refractivity contribution is 5.88. The summed E-state index contributed by atoms with van der Waals surface area (Å²) in [6.07, 6.45) is 1.53. The van der Waals surface area contributed by atoms with Crippen LogP contribution in [0.3, 0.4) is 0 Å². The average Bonchev–Trinajstić information content (AvgIpc) is 3.60. The van der Waals surface area contributed by atoms with Gasteiger partial charge < -0.3 is 19.6 Å². The first-order valence-corrected chi connectivity index (χ1v) is 13.1. The molecule has 1 aromatic heterocycles. The number of anilines is 2.